The van der Waals surface area contributed by atoms with Gasteiger partial charge in [-0.3, -0.25) is 0 Å². The molecule has 0 saturated heterocycles. The van der Waals surface area contributed by atoms with Crippen molar-refractivity contribution in [1.29, 1.82) is 0 Å². The average molecular weight is 294 g/mol. The Morgan fingerprint density at radius 1 is 1.19 bits per heavy atom. The highest BCUT2D eigenvalue weighted by atomic mass is 16.2. The van der Waals surface area contributed by atoms with E-state index in [4.69, 9.17) is 10.1 Å². The molecule has 3 N–H and O–H groups in total. The van der Waals surface area contributed by atoms with E-state index in [9.17, 15) is 0 Å². The molecule has 0 aromatic carbocycles. The van der Waals surface area contributed by atoms with E-state index in [-0.39, 0.29) is 18.1 Å². The minimum atomic E-state index is -0.0946. The molecule has 0 saturated carbocycles. The van der Waals surface area contributed by atoms with Gasteiger partial charge in [-0.1, -0.05) is 20.8 Å². The van der Waals surface area contributed by atoms with Crippen molar-refractivity contribution in [3.05, 3.63) is 11.4 Å². The lowest BCUT2D eigenvalue weighted by molar-refractivity contribution is 0.282. The monoisotopic (exact) mass is 294 g/mol. The van der Waals surface area contributed by atoms with Gasteiger partial charge in [-0.25, -0.2) is 9.97 Å². The molecule has 0 aliphatic carbocycles. The third kappa shape index (κ3) is 5.16. The van der Waals surface area contributed by atoms with E-state index < -0.39 is 0 Å². The van der Waals surface area contributed by atoms with Crippen LogP contribution in [-0.2, 0) is 5.41 Å². The van der Waals surface area contributed by atoms with Crippen LogP contribution in [0.4, 0.5) is 11.6 Å². The van der Waals surface area contributed by atoms with Gasteiger partial charge in [-0.2, -0.15) is 0 Å². The molecule has 1 atom stereocenters. The highest BCUT2D eigenvalue weighted by molar-refractivity contribution is 5.58. The van der Waals surface area contributed by atoms with Gasteiger partial charge in [-0.15, -0.1) is 0 Å². The van der Waals surface area contributed by atoms with E-state index in [1.54, 1.807) is 0 Å². The predicted octanol–water partition coefficient (Wildman–Crippen LogP) is 3.09. The van der Waals surface area contributed by atoms with Gasteiger partial charge in [-0.05, 0) is 33.6 Å². The van der Waals surface area contributed by atoms with Crippen molar-refractivity contribution in [2.24, 2.45) is 0 Å². The van der Waals surface area contributed by atoms with Gasteiger partial charge < -0.3 is 15.7 Å². The minimum Gasteiger partial charge on any atom is -0.396 e. The van der Waals surface area contributed by atoms with Crippen LogP contribution >= 0.6 is 0 Å². The number of hydrogen-bond donors (Lipinski definition) is 3. The smallest absolute Gasteiger partial charge is 0.138 e. The summed E-state index contributed by atoms with van der Waals surface area (Å²) in [6.45, 7) is 13.6. The molecule has 0 aliphatic rings. The normalized spacial score (nSPS) is 13.1. The Hall–Kier alpha value is -1.36. The van der Waals surface area contributed by atoms with Gasteiger partial charge in [0.25, 0.3) is 0 Å². The Morgan fingerprint density at radius 3 is 2.33 bits per heavy atom. The van der Waals surface area contributed by atoms with Crippen LogP contribution < -0.4 is 10.6 Å². The lowest BCUT2D eigenvalue weighted by Gasteiger charge is -2.23. The second-order valence-corrected chi connectivity index (χ2v) is 6.56. The van der Waals surface area contributed by atoms with E-state index in [0.29, 0.717) is 0 Å². The molecule has 0 fully saturated rings. The lowest BCUT2D eigenvalue weighted by atomic mass is 9.95. The number of aliphatic hydroxyl groups excluding tert-OH is 1. The first-order valence-corrected chi connectivity index (χ1v) is 7.80. The number of rotatable bonds is 7. The highest BCUT2D eigenvalue weighted by Gasteiger charge is 2.21. The third-order valence-corrected chi connectivity index (χ3v) is 3.34. The van der Waals surface area contributed by atoms with Gasteiger partial charge >= 0.3 is 0 Å². The van der Waals surface area contributed by atoms with Gasteiger partial charge in [0.1, 0.15) is 17.5 Å². The molecule has 0 spiro atoms. The summed E-state index contributed by atoms with van der Waals surface area (Å²) in [5.41, 5.74) is 0.948. The van der Waals surface area contributed by atoms with Crippen LogP contribution in [0.2, 0.25) is 0 Å². The molecule has 21 heavy (non-hydrogen) atoms. The molecule has 0 bridgehead atoms. The van der Waals surface area contributed by atoms with Crippen LogP contribution in [0.3, 0.4) is 0 Å². The van der Waals surface area contributed by atoms with Crippen molar-refractivity contribution in [3.63, 3.8) is 0 Å². The lowest BCUT2D eigenvalue weighted by Crippen LogP contribution is -2.23. The van der Waals surface area contributed by atoms with E-state index in [1.807, 2.05) is 6.92 Å². The molecular formula is C16H30N4O. The van der Waals surface area contributed by atoms with E-state index in [1.165, 1.54) is 0 Å². The second-order valence-electron chi connectivity index (χ2n) is 6.56. The first kappa shape index (κ1) is 17.7. The number of nitrogens with zero attached hydrogens (tertiary/aromatic N) is 2. The van der Waals surface area contributed by atoms with E-state index >= 15 is 0 Å². The summed E-state index contributed by atoms with van der Waals surface area (Å²) < 4.78 is 0. The summed E-state index contributed by atoms with van der Waals surface area (Å²) >= 11 is 0. The fourth-order valence-corrected chi connectivity index (χ4v) is 2.04. The molecule has 1 aromatic heterocycles. The maximum Gasteiger partial charge on any atom is 0.138 e. The van der Waals surface area contributed by atoms with Crippen LogP contribution in [0.1, 0.15) is 58.8 Å². The summed E-state index contributed by atoms with van der Waals surface area (Å²) in [7, 11) is 0. The van der Waals surface area contributed by atoms with Crippen LogP contribution in [-0.4, -0.2) is 34.3 Å². The molecular weight excluding hydrogens is 264 g/mol. The summed E-state index contributed by atoms with van der Waals surface area (Å²) in [6, 6.07) is 0.271. The molecule has 5 nitrogen and oxygen atoms in total. The SMILES string of the molecule is CCNc1nc(C(C)(C)C)nc(NC(C)CCCO)c1C. The average Bonchev–Trinajstić information content (AvgIpc) is 2.39. The molecule has 0 aliphatic heterocycles. The van der Waals surface area contributed by atoms with Gasteiger partial charge in [0.05, 0.1) is 0 Å². The Labute approximate surface area is 128 Å². The fourth-order valence-electron chi connectivity index (χ4n) is 2.04. The van der Waals surface area contributed by atoms with Crippen LogP contribution in [0.5, 0.6) is 0 Å². The summed E-state index contributed by atoms with van der Waals surface area (Å²) in [5.74, 6) is 2.62. The molecule has 1 unspecified atom stereocenters. The molecule has 1 aromatic rings. The Kier molecular flexibility index (Phi) is 6.40. The topological polar surface area (TPSA) is 70.1 Å². The van der Waals surface area contributed by atoms with E-state index in [2.05, 4.69) is 50.2 Å². The van der Waals surface area contributed by atoms with Crippen molar-refractivity contribution >= 4 is 11.6 Å². The summed E-state index contributed by atoms with van der Waals surface area (Å²) in [4.78, 5) is 9.37. The third-order valence-electron chi connectivity index (χ3n) is 3.34. The van der Waals surface area contributed by atoms with Crippen molar-refractivity contribution in [3.8, 4) is 0 Å². The van der Waals surface area contributed by atoms with Crippen molar-refractivity contribution in [2.45, 2.75) is 65.8 Å². The molecule has 1 heterocycles. The minimum absolute atomic E-state index is 0.0946. The maximum atomic E-state index is 8.94. The number of nitrogens with one attached hydrogen (secondary N) is 2. The first-order valence-electron chi connectivity index (χ1n) is 7.80. The zero-order chi connectivity index (χ0) is 16.0. The number of aromatic nitrogens is 2. The van der Waals surface area contributed by atoms with Crippen molar-refractivity contribution < 1.29 is 5.11 Å². The number of aliphatic hydroxyl groups is 1. The number of hydrogen-bond acceptors (Lipinski definition) is 5. The van der Waals surface area contributed by atoms with Gasteiger partial charge in [0, 0.05) is 30.2 Å². The largest absolute Gasteiger partial charge is 0.396 e. The Morgan fingerprint density at radius 2 is 1.81 bits per heavy atom. The molecule has 0 radical (unpaired) electrons. The fraction of sp³-hybridized carbons (Fsp3) is 0.750. The summed E-state index contributed by atoms with van der Waals surface area (Å²) in [5, 5.41) is 15.7. The zero-order valence-corrected chi connectivity index (χ0v) is 14.2. The quantitative estimate of drug-likeness (QED) is 0.721. The zero-order valence-electron chi connectivity index (χ0n) is 14.2. The van der Waals surface area contributed by atoms with Crippen LogP contribution in [0.15, 0.2) is 0 Å². The van der Waals surface area contributed by atoms with Crippen molar-refractivity contribution in [1.82, 2.24) is 9.97 Å². The van der Waals surface area contributed by atoms with Crippen LogP contribution in [0.25, 0.3) is 0 Å². The first-order chi connectivity index (χ1) is 9.79. The maximum absolute atomic E-state index is 8.94. The molecule has 0 amide bonds. The standard InChI is InChI=1S/C16H30N4O/c1-7-17-13-12(3)14(18-11(2)9-8-10-21)20-15(19-13)16(4,5)6/h11,21H,7-10H2,1-6H3,(H2,17,18,19,20). The van der Waals surface area contributed by atoms with Crippen molar-refractivity contribution in [2.75, 3.05) is 23.8 Å². The molecule has 5 heteroatoms. The number of anilines is 2. The summed E-state index contributed by atoms with van der Waals surface area (Å²) in [6.07, 6.45) is 1.71. The van der Waals surface area contributed by atoms with Crippen LogP contribution in [0, 0.1) is 6.92 Å². The molecule has 1 rings (SSSR count). The second kappa shape index (κ2) is 7.59. The van der Waals surface area contributed by atoms with Gasteiger partial charge in [0.15, 0.2) is 0 Å². The predicted molar refractivity (Wildman–Crippen MR) is 89.0 cm³/mol. The highest BCUT2D eigenvalue weighted by Crippen LogP contribution is 2.26. The molecule has 120 valence electrons. The Bertz CT molecular complexity index is 454. The Balaban J connectivity index is 3.08. The van der Waals surface area contributed by atoms with E-state index in [0.717, 1.165) is 42.4 Å². The van der Waals surface area contributed by atoms with Gasteiger partial charge in [0.2, 0.25) is 0 Å².